The van der Waals surface area contributed by atoms with E-state index in [1.165, 1.54) is 23.9 Å². The Balaban J connectivity index is 0.00000180. The van der Waals surface area contributed by atoms with Crippen LogP contribution in [0.2, 0.25) is 0 Å². The van der Waals surface area contributed by atoms with E-state index in [9.17, 15) is 8.42 Å². The van der Waals surface area contributed by atoms with E-state index in [1.807, 2.05) is 30.3 Å². The predicted molar refractivity (Wildman–Crippen MR) is 78.4 cm³/mol. The van der Waals surface area contributed by atoms with Gasteiger partial charge in [0.1, 0.15) is 0 Å². The fraction of sp³-hybridized carbons (Fsp3) is 0. The molecular formula is C12H10ClNaO2S3. The van der Waals surface area contributed by atoms with E-state index in [0.29, 0.717) is 4.90 Å². The van der Waals surface area contributed by atoms with Crippen LogP contribution in [0.4, 0.5) is 0 Å². The summed E-state index contributed by atoms with van der Waals surface area (Å²) in [6.07, 6.45) is 0. The van der Waals surface area contributed by atoms with E-state index >= 15 is 0 Å². The summed E-state index contributed by atoms with van der Waals surface area (Å²) in [5.41, 5.74) is 0. The molecule has 7 heteroatoms. The molecule has 0 aliphatic rings. The van der Waals surface area contributed by atoms with Crippen molar-refractivity contribution in [1.82, 2.24) is 0 Å². The van der Waals surface area contributed by atoms with Crippen LogP contribution in [-0.4, -0.2) is 8.42 Å². The third-order valence-electron chi connectivity index (χ3n) is 2.18. The molecule has 0 saturated carbocycles. The van der Waals surface area contributed by atoms with Crippen molar-refractivity contribution in [2.24, 2.45) is 0 Å². The number of hydrogen-bond donors (Lipinski definition) is 1. The standard InChI is InChI=1S/C12H9ClO2S3.Na.H/c13-18(14,15)10-6-7-11(16)12(8-10)17-9-4-2-1-3-5-9;;/h1-8,16H;;/q;+1;-1. The average Bonchev–Trinajstić information content (AvgIpc) is 2.32. The topological polar surface area (TPSA) is 34.1 Å². The van der Waals surface area contributed by atoms with Crippen LogP contribution < -0.4 is 29.6 Å². The van der Waals surface area contributed by atoms with Gasteiger partial charge in [-0.3, -0.25) is 0 Å². The second-order valence-electron chi connectivity index (χ2n) is 3.48. The van der Waals surface area contributed by atoms with Crippen LogP contribution in [0.25, 0.3) is 0 Å². The van der Waals surface area contributed by atoms with Crippen molar-refractivity contribution in [1.29, 1.82) is 0 Å². The van der Waals surface area contributed by atoms with Gasteiger partial charge in [-0.2, -0.15) is 0 Å². The van der Waals surface area contributed by atoms with E-state index in [-0.39, 0.29) is 35.9 Å². The summed E-state index contributed by atoms with van der Waals surface area (Å²) >= 11 is 5.76. The molecule has 2 rings (SSSR count). The van der Waals surface area contributed by atoms with Crippen LogP contribution in [0.1, 0.15) is 1.43 Å². The first kappa shape index (κ1) is 17.4. The largest absolute Gasteiger partial charge is 1.00 e. The van der Waals surface area contributed by atoms with Gasteiger partial charge in [0.25, 0.3) is 9.05 Å². The molecule has 2 nitrogen and oxygen atoms in total. The minimum absolute atomic E-state index is 0. The number of hydrogen-bond acceptors (Lipinski definition) is 4. The molecule has 0 amide bonds. The zero-order chi connectivity index (χ0) is 13.2. The fourth-order valence-electron chi connectivity index (χ4n) is 1.34. The molecule has 0 saturated heterocycles. The van der Waals surface area contributed by atoms with Gasteiger partial charge in [0, 0.05) is 25.4 Å². The Morgan fingerprint density at radius 1 is 1.11 bits per heavy atom. The summed E-state index contributed by atoms with van der Waals surface area (Å²) in [6, 6.07) is 14.3. The maximum atomic E-state index is 11.3. The van der Waals surface area contributed by atoms with E-state index in [1.54, 1.807) is 6.07 Å². The van der Waals surface area contributed by atoms with Crippen molar-refractivity contribution in [2.75, 3.05) is 0 Å². The minimum atomic E-state index is -3.71. The van der Waals surface area contributed by atoms with Crippen LogP contribution in [0, 0.1) is 0 Å². The van der Waals surface area contributed by atoms with Crippen molar-refractivity contribution >= 4 is 44.1 Å². The predicted octanol–water partition coefficient (Wildman–Crippen LogP) is 1.17. The molecule has 96 valence electrons. The minimum Gasteiger partial charge on any atom is -1.00 e. The molecule has 0 spiro atoms. The Kier molecular flexibility index (Phi) is 6.79. The molecular weight excluding hydrogens is 331 g/mol. The molecule has 0 N–H and O–H groups in total. The number of thiol groups is 1. The molecule has 2 aromatic carbocycles. The molecule has 0 heterocycles. The number of benzene rings is 2. The van der Waals surface area contributed by atoms with Gasteiger partial charge >= 0.3 is 29.6 Å². The summed E-state index contributed by atoms with van der Waals surface area (Å²) < 4.78 is 22.6. The van der Waals surface area contributed by atoms with E-state index in [4.69, 9.17) is 10.7 Å². The summed E-state index contributed by atoms with van der Waals surface area (Å²) in [4.78, 5) is 2.57. The SMILES string of the molecule is O=S(=O)(Cl)c1ccc(S)c(Sc2ccccc2)c1.[H-].[Na+]. The molecule has 2 aromatic rings. The third-order valence-corrected chi connectivity index (χ3v) is 5.14. The van der Waals surface area contributed by atoms with Crippen LogP contribution >= 0.6 is 35.1 Å². The second kappa shape index (κ2) is 7.41. The van der Waals surface area contributed by atoms with Crippen LogP contribution in [0.15, 0.2) is 68.1 Å². The molecule has 0 unspecified atom stereocenters. The molecule has 0 atom stereocenters. The van der Waals surface area contributed by atoms with Crippen LogP contribution in [-0.2, 0) is 9.05 Å². The summed E-state index contributed by atoms with van der Waals surface area (Å²) in [6.45, 7) is 0. The van der Waals surface area contributed by atoms with Gasteiger partial charge in [-0.25, -0.2) is 8.42 Å². The smallest absolute Gasteiger partial charge is 1.00 e. The van der Waals surface area contributed by atoms with Gasteiger partial charge in [-0.15, -0.1) is 12.6 Å². The average molecular weight is 341 g/mol. The van der Waals surface area contributed by atoms with Crippen molar-refractivity contribution < 1.29 is 39.4 Å². The van der Waals surface area contributed by atoms with Crippen LogP contribution in [0.5, 0.6) is 0 Å². The van der Waals surface area contributed by atoms with Crippen molar-refractivity contribution in [3.63, 3.8) is 0 Å². The molecule has 0 bridgehead atoms. The normalized spacial score (nSPS) is 10.8. The molecule has 0 aromatic heterocycles. The second-order valence-corrected chi connectivity index (χ2v) is 7.65. The first-order chi connectivity index (χ1) is 8.47. The van der Waals surface area contributed by atoms with Gasteiger partial charge in [-0.1, -0.05) is 30.0 Å². The van der Waals surface area contributed by atoms with E-state index in [2.05, 4.69) is 12.6 Å². The van der Waals surface area contributed by atoms with Crippen molar-refractivity contribution in [3.8, 4) is 0 Å². The Morgan fingerprint density at radius 2 is 1.74 bits per heavy atom. The first-order valence-corrected chi connectivity index (χ1v) is 8.55. The Hall–Kier alpha value is 0.380. The van der Waals surface area contributed by atoms with Crippen molar-refractivity contribution in [2.45, 2.75) is 19.6 Å². The fourth-order valence-corrected chi connectivity index (χ4v) is 3.38. The molecule has 0 radical (unpaired) electrons. The number of halogens is 1. The summed E-state index contributed by atoms with van der Waals surface area (Å²) in [5, 5.41) is 0. The zero-order valence-corrected chi connectivity index (χ0v) is 15.4. The van der Waals surface area contributed by atoms with Gasteiger partial charge < -0.3 is 1.43 Å². The Morgan fingerprint density at radius 3 is 2.32 bits per heavy atom. The van der Waals surface area contributed by atoms with Gasteiger partial charge in [0.15, 0.2) is 0 Å². The van der Waals surface area contributed by atoms with Crippen LogP contribution in [0.3, 0.4) is 0 Å². The number of rotatable bonds is 3. The third kappa shape index (κ3) is 5.01. The Bertz CT molecular complexity index is 666. The zero-order valence-electron chi connectivity index (χ0n) is 11.1. The van der Waals surface area contributed by atoms with E-state index < -0.39 is 9.05 Å². The van der Waals surface area contributed by atoms with E-state index in [0.717, 1.165) is 9.79 Å². The summed E-state index contributed by atoms with van der Waals surface area (Å²) in [5.74, 6) is 0. The quantitative estimate of drug-likeness (QED) is 0.517. The van der Waals surface area contributed by atoms with Gasteiger partial charge in [0.05, 0.1) is 4.90 Å². The van der Waals surface area contributed by atoms with Crippen molar-refractivity contribution in [3.05, 3.63) is 48.5 Å². The molecule has 19 heavy (non-hydrogen) atoms. The first-order valence-electron chi connectivity index (χ1n) is 4.97. The monoisotopic (exact) mass is 340 g/mol. The maximum Gasteiger partial charge on any atom is 1.00 e. The van der Waals surface area contributed by atoms with Gasteiger partial charge in [-0.05, 0) is 30.3 Å². The van der Waals surface area contributed by atoms with Gasteiger partial charge in [0.2, 0.25) is 0 Å². The maximum absolute atomic E-state index is 11.3. The molecule has 0 aliphatic carbocycles. The summed E-state index contributed by atoms with van der Waals surface area (Å²) in [7, 11) is 1.61. The Labute approximate surface area is 150 Å². The molecule has 0 aliphatic heterocycles. The molecule has 0 fully saturated rings.